The number of aliphatic hydroxyl groups is 1. The molecule has 2 rings (SSSR count). The number of rotatable bonds is 4. The van der Waals surface area contributed by atoms with E-state index in [-0.39, 0.29) is 24.2 Å². The van der Waals surface area contributed by atoms with Gasteiger partial charge in [-0.3, -0.25) is 0 Å². The van der Waals surface area contributed by atoms with Crippen LogP contribution in [0.4, 0.5) is 4.79 Å². The Balaban J connectivity index is 2.08. The van der Waals surface area contributed by atoms with E-state index in [1.165, 1.54) is 0 Å². The number of amides is 2. The molecular formula is C15H25N2O3P. The molecule has 2 heterocycles. The largest absolute Gasteiger partial charge is 0.390 e. The minimum absolute atomic E-state index is 0.0407. The van der Waals surface area contributed by atoms with Crippen molar-refractivity contribution in [3.05, 3.63) is 24.0 Å². The topological polar surface area (TPSA) is 70.6 Å². The molecule has 1 saturated heterocycles. The maximum atomic E-state index is 11.2. The third kappa shape index (κ3) is 3.79. The van der Waals surface area contributed by atoms with Gasteiger partial charge < -0.3 is 20.5 Å². The first kappa shape index (κ1) is 16.3. The van der Waals surface area contributed by atoms with Gasteiger partial charge in [0, 0.05) is 23.4 Å². The predicted octanol–water partition coefficient (Wildman–Crippen LogP) is 1.56. The summed E-state index contributed by atoms with van der Waals surface area (Å²) in [6, 6.07) is -0.296. The van der Waals surface area contributed by atoms with Gasteiger partial charge in [0.25, 0.3) is 0 Å². The molecule has 0 bridgehead atoms. The van der Waals surface area contributed by atoms with Gasteiger partial charge in [-0.15, -0.1) is 13.2 Å². The molecule has 0 aromatic heterocycles. The average Bonchev–Trinajstić information content (AvgIpc) is 2.64. The van der Waals surface area contributed by atoms with Gasteiger partial charge in [-0.25, -0.2) is 4.79 Å². The molecule has 2 amide bonds. The summed E-state index contributed by atoms with van der Waals surface area (Å²) in [4.78, 5) is 11.2. The molecule has 6 heteroatoms. The number of carbonyl (C=O) groups is 1. The van der Waals surface area contributed by atoms with Gasteiger partial charge in [0.05, 0.1) is 18.3 Å². The first-order chi connectivity index (χ1) is 9.69. The highest BCUT2D eigenvalue weighted by Crippen LogP contribution is 2.40. The number of hydrogen-bond acceptors (Lipinski definition) is 3. The Labute approximate surface area is 126 Å². The fourth-order valence-electron chi connectivity index (χ4n) is 2.71. The third-order valence-corrected chi connectivity index (χ3v) is 5.48. The highest BCUT2D eigenvalue weighted by Gasteiger charge is 2.43. The molecule has 1 fully saturated rings. The van der Waals surface area contributed by atoms with Crippen molar-refractivity contribution in [3.8, 4) is 0 Å². The summed E-state index contributed by atoms with van der Waals surface area (Å²) in [6.07, 6.45) is 6.67. The lowest BCUT2D eigenvalue weighted by Gasteiger charge is -2.25. The number of aliphatic hydroxyl groups excluding tert-OH is 1. The first-order valence-corrected chi connectivity index (χ1v) is 10.2. The van der Waals surface area contributed by atoms with Gasteiger partial charge in [-0.05, 0) is 25.9 Å². The van der Waals surface area contributed by atoms with Crippen molar-refractivity contribution in [1.82, 2.24) is 10.6 Å². The maximum absolute atomic E-state index is 11.2. The summed E-state index contributed by atoms with van der Waals surface area (Å²) in [5.41, 5.74) is 1.33. The van der Waals surface area contributed by atoms with Gasteiger partial charge in [0.1, 0.15) is 0 Å². The van der Waals surface area contributed by atoms with Crippen LogP contribution in [-0.4, -0.2) is 55.2 Å². The Morgan fingerprint density at radius 1 is 1.48 bits per heavy atom. The SMILES string of the molecule is C=C1NC(=O)NC=C1[C@@H]1O[C@H](CCP(=C)(C)C)[C@@H](O)[C@H]1C. The van der Waals surface area contributed by atoms with Crippen molar-refractivity contribution in [3.63, 3.8) is 0 Å². The van der Waals surface area contributed by atoms with Crippen molar-refractivity contribution in [1.29, 1.82) is 0 Å². The second kappa shape index (κ2) is 5.99. The van der Waals surface area contributed by atoms with Gasteiger partial charge in [0.15, 0.2) is 0 Å². The Hall–Kier alpha value is -1.03. The molecule has 3 N–H and O–H groups in total. The third-order valence-electron chi connectivity index (χ3n) is 4.02. The van der Waals surface area contributed by atoms with Crippen molar-refractivity contribution in [2.45, 2.75) is 31.7 Å². The fraction of sp³-hybridized carbons (Fsp3) is 0.600. The van der Waals surface area contributed by atoms with Gasteiger partial charge in [0.2, 0.25) is 0 Å². The lowest BCUT2D eigenvalue weighted by atomic mass is 9.92. The molecule has 0 unspecified atom stereocenters. The smallest absolute Gasteiger partial charge is 0.323 e. The average molecular weight is 312 g/mol. The Bertz CT molecular complexity index is 523. The number of carbonyl (C=O) groups excluding carboxylic acids is 1. The van der Waals surface area contributed by atoms with Gasteiger partial charge in [-0.1, -0.05) is 13.5 Å². The molecule has 0 aromatic carbocycles. The van der Waals surface area contributed by atoms with E-state index in [0.717, 1.165) is 18.2 Å². The van der Waals surface area contributed by atoms with Crippen LogP contribution in [0.2, 0.25) is 0 Å². The zero-order valence-electron chi connectivity index (χ0n) is 12.9. The number of hydrogen-bond donors (Lipinski definition) is 3. The van der Waals surface area contributed by atoms with Crippen LogP contribution < -0.4 is 10.6 Å². The van der Waals surface area contributed by atoms with Crippen LogP contribution >= 0.6 is 6.89 Å². The minimum atomic E-state index is -1.13. The Kier molecular flexibility index (Phi) is 4.66. The molecular weight excluding hydrogens is 287 g/mol. The molecule has 4 atom stereocenters. The standard InChI is InChI=1S/C15H25N2O3P/c1-9-13(18)12(6-7-21(3,4)5)20-14(9)11-8-16-15(19)17-10(11)2/h8-9,12-14,18H,2-3,6-7H2,1,4-5H3,(H2,16,17,19)/t9-,12-,13+,14-/m1/s1. The van der Waals surface area contributed by atoms with E-state index in [0.29, 0.717) is 5.70 Å². The van der Waals surface area contributed by atoms with Crippen LogP contribution in [-0.2, 0) is 4.74 Å². The van der Waals surface area contributed by atoms with Gasteiger partial charge >= 0.3 is 6.03 Å². The summed E-state index contributed by atoms with van der Waals surface area (Å²) >= 11 is 0. The van der Waals surface area contributed by atoms with Crippen molar-refractivity contribution < 1.29 is 14.6 Å². The van der Waals surface area contributed by atoms with E-state index in [2.05, 4.69) is 36.8 Å². The molecule has 21 heavy (non-hydrogen) atoms. The molecule has 0 saturated carbocycles. The predicted molar refractivity (Wildman–Crippen MR) is 88.1 cm³/mol. The highest BCUT2D eigenvalue weighted by molar-refractivity contribution is 7.72. The fourth-order valence-corrected chi connectivity index (χ4v) is 3.67. The van der Waals surface area contributed by atoms with Crippen molar-refractivity contribution in [2.75, 3.05) is 19.5 Å². The molecule has 2 aliphatic heterocycles. The van der Waals surface area contributed by atoms with Crippen LogP contribution in [0.15, 0.2) is 24.0 Å². The Morgan fingerprint density at radius 3 is 2.71 bits per heavy atom. The molecule has 0 aliphatic carbocycles. The van der Waals surface area contributed by atoms with Crippen LogP contribution in [0, 0.1) is 5.92 Å². The van der Waals surface area contributed by atoms with E-state index < -0.39 is 13.0 Å². The van der Waals surface area contributed by atoms with Crippen molar-refractivity contribution >= 4 is 19.2 Å². The maximum Gasteiger partial charge on any atom is 0.323 e. The number of urea groups is 1. The lowest BCUT2D eigenvalue weighted by Crippen LogP contribution is -2.40. The molecule has 2 aliphatic rings. The summed E-state index contributed by atoms with van der Waals surface area (Å²) in [5, 5.41) is 15.6. The zero-order valence-corrected chi connectivity index (χ0v) is 13.8. The summed E-state index contributed by atoms with van der Waals surface area (Å²) in [7, 11) is 0. The van der Waals surface area contributed by atoms with E-state index in [1.54, 1.807) is 6.20 Å². The number of ether oxygens (including phenoxy) is 1. The van der Waals surface area contributed by atoms with Crippen LogP contribution in [0.5, 0.6) is 0 Å². The molecule has 0 radical (unpaired) electrons. The van der Waals surface area contributed by atoms with E-state index >= 15 is 0 Å². The second-order valence-electron chi connectivity index (χ2n) is 6.57. The molecule has 118 valence electrons. The van der Waals surface area contributed by atoms with Gasteiger partial charge in [-0.2, -0.15) is 0 Å². The minimum Gasteiger partial charge on any atom is -0.390 e. The summed E-state index contributed by atoms with van der Waals surface area (Å²) in [6.45, 7) is 9.05. The number of nitrogens with one attached hydrogen (secondary N) is 2. The Morgan fingerprint density at radius 2 is 2.14 bits per heavy atom. The summed E-state index contributed by atoms with van der Waals surface area (Å²) < 4.78 is 6.05. The van der Waals surface area contributed by atoms with Crippen LogP contribution in [0.25, 0.3) is 0 Å². The second-order valence-corrected chi connectivity index (χ2v) is 10.9. The van der Waals surface area contributed by atoms with Crippen molar-refractivity contribution in [2.24, 2.45) is 5.92 Å². The van der Waals surface area contributed by atoms with E-state index in [4.69, 9.17) is 4.74 Å². The normalized spacial score (nSPS) is 33.4. The van der Waals surface area contributed by atoms with E-state index in [9.17, 15) is 9.90 Å². The highest BCUT2D eigenvalue weighted by atomic mass is 31.2. The van der Waals surface area contributed by atoms with E-state index in [1.807, 2.05) is 6.92 Å². The van der Waals surface area contributed by atoms with Crippen LogP contribution in [0.3, 0.4) is 0 Å². The van der Waals surface area contributed by atoms with Crippen LogP contribution in [0.1, 0.15) is 13.3 Å². The molecule has 0 aromatic rings. The molecule has 5 nitrogen and oxygen atoms in total. The first-order valence-electron chi connectivity index (χ1n) is 7.17. The summed E-state index contributed by atoms with van der Waals surface area (Å²) in [5.74, 6) is -0.0407. The quantitative estimate of drug-likeness (QED) is 0.690. The monoisotopic (exact) mass is 312 g/mol. The lowest BCUT2D eigenvalue weighted by molar-refractivity contribution is 0.0201. The molecule has 0 spiro atoms. The zero-order chi connectivity index (χ0) is 15.8.